The summed E-state index contributed by atoms with van der Waals surface area (Å²) in [7, 11) is 0. The largest absolute Gasteiger partial charge is 0.352 e. The number of hydrogen-bond donors (Lipinski definition) is 4. The molecule has 1 heterocycles. The van der Waals surface area contributed by atoms with Crippen molar-refractivity contribution in [3.05, 3.63) is 29.8 Å². The number of anilines is 1. The van der Waals surface area contributed by atoms with Crippen LogP contribution < -0.4 is 21.3 Å². The third-order valence-corrected chi connectivity index (χ3v) is 3.72. The molecule has 2 rings (SSSR count). The summed E-state index contributed by atoms with van der Waals surface area (Å²) in [6, 6.07) is 7.67. The minimum absolute atomic E-state index is 0. The third-order valence-electron chi connectivity index (χ3n) is 3.72. The van der Waals surface area contributed by atoms with Crippen molar-refractivity contribution >= 4 is 30.0 Å². The zero-order valence-corrected chi connectivity index (χ0v) is 15.0. The zero-order chi connectivity index (χ0) is 16.7. The van der Waals surface area contributed by atoms with Gasteiger partial charge in [0, 0.05) is 30.7 Å². The molecule has 4 N–H and O–H groups in total. The first-order valence-electron chi connectivity index (χ1n) is 8.19. The van der Waals surface area contributed by atoms with Crippen LogP contribution in [0.4, 0.5) is 10.5 Å². The molecule has 0 radical (unpaired) electrons. The van der Waals surface area contributed by atoms with Crippen LogP contribution in [0.1, 0.15) is 38.7 Å². The Morgan fingerprint density at radius 3 is 2.54 bits per heavy atom. The number of hydrogen-bond acceptors (Lipinski definition) is 3. The monoisotopic (exact) mass is 354 g/mol. The fraction of sp³-hybridized carbons (Fsp3) is 0.529. The molecular formula is C17H27ClN4O2. The van der Waals surface area contributed by atoms with Crippen molar-refractivity contribution in [2.75, 3.05) is 11.9 Å². The topological polar surface area (TPSA) is 82.3 Å². The first-order chi connectivity index (χ1) is 11.0. The highest BCUT2D eigenvalue weighted by molar-refractivity contribution is 5.89. The van der Waals surface area contributed by atoms with Gasteiger partial charge in [0.25, 0.3) is 0 Å². The molecule has 0 bridgehead atoms. The molecule has 24 heavy (non-hydrogen) atoms. The molecule has 1 aromatic rings. The van der Waals surface area contributed by atoms with Crippen molar-refractivity contribution in [1.82, 2.24) is 16.0 Å². The average Bonchev–Trinajstić information content (AvgIpc) is 2.98. The predicted molar refractivity (Wildman–Crippen MR) is 98.5 cm³/mol. The lowest BCUT2D eigenvalue weighted by molar-refractivity contribution is -0.121. The van der Waals surface area contributed by atoms with Crippen molar-refractivity contribution < 1.29 is 9.59 Å². The lowest BCUT2D eigenvalue weighted by atomic mass is 10.1. The van der Waals surface area contributed by atoms with Gasteiger partial charge < -0.3 is 21.3 Å². The number of halogens is 1. The summed E-state index contributed by atoms with van der Waals surface area (Å²) < 4.78 is 0. The van der Waals surface area contributed by atoms with Gasteiger partial charge in [0.15, 0.2) is 0 Å². The van der Waals surface area contributed by atoms with Crippen LogP contribution in [0.2, 0.25) is 0 Å². The number of benzene rings is 1. The van der Waals surface area contributed by atoms with Crippen LogP contribution >= 0.6 is 12.4 Å². The molecular weight excluding hydrogens is 328 g/mol. The van der Waals surface area contributed by atoms with Crippen molar-refractivity contribution in [2.45, 2.75) is 51.7 Å². The number of rotatable bonds is 6. The molecule has 134 valence electrons. The van der Waals surface area contributed by atoms with E-state index in [2.05, 4.69) is 21.3 Å². The van der Waals surface area contributed by atoms with Crippen molar-refractivity contribution in [1.29, 1.82) is 0 Å². The maximum Gasteiger partial charge on any atom is 0.319 e. The Kier molecular flexibility index (Phi) is 8.57. The van der Waals surface area contributed by atoms with E-state index in [9.17, 15) is 9.59 Å². The van der Waals surface area contributed by atoms with Crippen LogP contribution in [0.3, 0.4) is 0 Å². The Labute approximate surface area is 149 Å². The molecule has 1 saturated heterocycles. The van der Waals surface area contributed by atoms with E-state index in [1.807, 2.05) is 38.1 Å². The predicted octanol–water partition coefficient (Wildman–Crippen LogP) is 2.40. The van der Waals surface area contributed by atoms with Crippen molar-refractivity contribution in [2.24, 2.45) is 0 Å². The Balaban J connectivity index is 0.00000288. The molecule has 0 saturated carbocycles. The van der Waals surface area contributed by atoms with E-state index in [1.54, 1.807) is 0 Å². The minimum atomic E-state index is -0.217. The van der Waals surface area contributed by atoms with Gasteiger partial charge in [0.1, 0.15) is 0 Å². The minimum Gasteiger partial charge on any atom is -0.352 e. The number of amides is 3. The average molecular weight is 355 g/mol. The van der Waals surface area contributed by atoms with Gasteiger partial charge in [-0.3, -0.25) is 4.79 Å². The summed E-state index contributed by atoms with van der Waals surface area (Å²) >= 11 is 0. The van der Waals surface area contributed by atoms with Crippen molar-refractivity contribution in [3.8, 4) is 0 Å². The quantitative estimate of drug-likeness (QED) is 0.633. The summed E-state index contributed by atoms with van der Waals surface area (Å²) in [5.41, 5.74) is 1.74. The van der Waals surface area contributed by atoms with Gasteiger partial charge in [0.05, 0.1) is 0 Å². The molecule has 0 aromatic heterocycles. The van der Waals surface area contributed by atoms with Gasteiger partial charge >= 0.3 is 6.03 Å². The smallest absolute Gasteiger partial charge is 0.319 e. The molecule has 0 aliphatic carbocycles. The molecule has 3 amide bonds. The van der Waals surface area contributed by atoms with Crippen LogP contribution in [0.15, 0.2) is 24.3 Å². The molecule has 7 heteroatoms. The highest BCUT2D eigenvalue weighted by Crippen LogP contribution is 2.11. The zero-order valence-electron chi connectivity index (χ0n) is 14.2. The Morgan fingerprint density at radius 2 is 1.96 bits per heavy atom. The molecule has 6 nitrogen and oxygen atoms in total. The van der Waals surface area contributed by atoms with Crippen LogP contribution in [0.25, 0.3) is 0 Å². The summed E-state index contributed by atoms with van der Waals surface area (Å²) in [6.07, 6.45) is 2.76. The first-order valence-corrected chi connectivity index (χ1v) is 8.19. The first kappa shape index (κ1) is 20.3. The summed E-state index contributed by atoms with van der Waals surface area (Å²) in [5, 5.41) is 11.8. The maximum atomic E-state index is 11.9. The van der Waals surface area contributed by atoms with E-state index in [0.717, 1.165) is 30.6 Å². The number of carbonyl (C=O) groups is 2. The normalized spacial score (nSPS) is 16.4. The maximum absolute atomic E-state index is 11.9. The van der Waals surface area contributed by atoms with Gasteiger partial charge in [-0.15, -0.1) is 12.4 Å². The number of urea groups is 1. The second kappa shape index (κ2) is 10.2. The molecule has 1 fully saturated rings. The van der Waals surface area contributed by atoms with Gasteiger partial charge in [-0.05, 0) is 50.9 Å². The van der Waals surface area contributed by atoms with Gasteiger partial charge in [-0.25, -0.2) is 4.79 Å². The van der Waals surface area contributed by atoms with Crippen LogP contribution in [0.5, 0.6) is 0 Å². The van der Waals surface area contributed by atoms with Crippen LogP contribution in [-0.2, 0) is 11.3 Å². The summed E-state index contributed by atoms with van der Waals surface area (Å²) in [6.45, 7) is 5.33. The number of nitrogens with one attached hydrogen (secondary N) is 4. The standard InChI is InChI=1S/C17H26N4O2.ClH/c1-12(2)20-17(23)21-14-7-5-13(6-8-14)11-19-16(22)10-15-4-3-9-18-15;/h5-8,12,15,18H,3-4,9-11H2,1-2H3,(H,19,22)(H2,20,21,23);1H. The second-order valence-corrected chi connectivity index (χ2v) is 6.22. The van der Waals surface area contributed by atoms with Crippen LogP contribution in [0, 0.1) is 0 Å². The molecule has 1 aliphatic rings. The van der Waals surface area contributed by atoms with E-state index in [1.165, 1.54) is 0 Å². The molecule has 0 spiro atoms. The lowest BCUT2D eigenvalue weighted by Crippen LogP contribution is -2.34. The summed E-state index contributed by atoms with van der Waals surface area (Å²) in [4.78, 5) is 23.5. The highest BCUT2D eigenvalue weighted by atomic mass is 35.5. The van der Waals surface area contributed by atoms with Gasteiger partial charge in [0.2, 0.25) is 5.91 Å². The molecule has 1 unspecified atom stereocenters. The van der Waals surface area contributed by atoms with Crippen molar-refractivity contribution in [3.63, 3.8) is 0 Å². The molecule has 1 atom stereocenters. The summed E-state index contributed by atoms with van der Waals surface area (Å²) in [5.74, 6) is 0.0721. The molecule has 1 aliphatic heterocycles. The van der Waals surface area contributed by atoms with E-state index in [4.69, 9.17) is 0 Å². The highest BCUT2D eigenvalue weighted by Gasteiger charge is 2.17. The third kappa shape index (κ3) is 7.19. The molecule has 1 aromatic carbocycles. The Morgan fingerprint density at radius 1 is 1.25 bits per heavy atom. The van der Waals surface area contributed by atoms with Gasteiger partial charge in [-0.2, -0.15) is 0 Å². The van der Waals surface area contributed by atoms with E-state index >= 15 is 0 Å². The van der Waals surface area contributed by atoms with Crippen LogP contribution in [-0.4, -0.2) is 30.6 Å². The van der Waals surface area contributed by atoms with Gasteiger partial charge in [-0.1, -0.05) is 12.1 Å². The number of carbonyl (C=O) groups excluding carboxylic acids is 2. The van der Waals surface area contributed by atoms with E-state index in [0.29, 0.717) is 19.0 Å². The van der Waals surface area contributed by atoms with E-state index < -0.39 is 0 Å². The fourth-order valence-electron chi connectivity index (χ4n) is 2.56. The van der Waals surface area contributed by atoms with E-state index in [-0.39, 0.29) is 30.4 Å². The SMILES string of the molecule is CC(C)NC(=O)Nc1ccc(CNC(=O)CC2CCCN2)cc1.Cl. The lowest BCUT2D eigenvalue weighted by Gasteiger charge is -2.12. The Bertz CT molecular complexity index is 528. The second-order valence-electron chi connectivity index (χ2n) is 6.22. The fourth-order valence-corrected chi connectivity index (χ4v) is 2.56. The Hall–Kier alpha value is -1.79.